The topological polar surface area (TPSA) is 24.7 Å². The minimum absolute atomic E-state index is 0.404. The summed E-state index contributed by atoms with van der Waals surface area (Å²) < 4.78 is 0. The molecule has 0 radical (unpaired) electrons. The van der Waals surface area contributed by atoms with E-state index in [0.717, 1.165) is 22.0 Å². The zero-order valence-electron chi connectivity index (χ0n) is 13.2. The fourth-order valence-electron chi connectivity index (χ4n) is 2.84. The highest BCUT2D eigenvalue weighted by Crippen LogP contribution is 2.21. The van der Waals surface area contributed by atoms with Gasteiger partial charge in [0.15, 0.2) is 5.84 Å². The minimum atomic E-state index is 0.404. The van der Waals surface area contributed by atoms with E-state index in [0.29, 0.717) is 6.04 Å². The molecule has 2 nitrogen and oxygen atoms in total. The van der Waals surface area contributed by atoms with E-state index in [9.17, 15) is 0 Å². The van der Waals surface area contributed by atoms with Gasteiger partial charge < -0.3 is 0 Å². The van der Waals surface area contributed by atoms with Gasteiger partial charge in [0.1, 0.15) is 0 Å². The van der Waals surface area contributed by atoms with Gasteiger partial charge in [0.2, 0.25) is 0 Å². The molecule has 1 aliphatic rings. The first-order valence-corrected chi connectivity index (χ1v) is 8.62. The molecule has 1 saturated carbocycles. The maximum Gasteiger partial charge on any atom is 0.154 e. The Morgan fingerprint density at radius 1 is 0.913 bits per heavy atom. The summed E-state index contributed by atoms with van der Waals surface area (Å²) in [5, 5.41) is 0.737. The SMILES string of the molecule is Clc1ccc(C=NC(=NC2CCCCC2)c2ccccc2)cc1. The molecule has 0 aromatic heterocycles. The van der Waals surface area contributed by atoms with Gasteiger partial charge in [0.05, 0.1) is 6.04 Å². The maximum absolute atomic E-state index is 5.93. The van der Waals surface area contributed by atoms with E-state index < -0.39 is 0 Å². The van der Waals surface area contributed by atoms with Crippen molar-refractivity contribution >= 4 is 23.7 Å². The molecule has 1 fully saturated rings. The molecule has 2 aromatic rings. The van der Waals surface area contributed by atoms with Crippen molar-refractivity contribution in [3.05, 3.63) is 70.7 Å². The predicted molar refractivity (Wildman–Crippen MR) is 98.9 cm³/mol. The van der Waals surface area contributed by atoms with Crippen LogP contribution in [0.25, 0.3) is 0 Å². The minimum Gasteiger partial charge on any atom is -0.263 e. The van der Waals surface area contributed by atoms with E-state index in [1.807, 2.05) is 48.7 Å². The Bertz CT molecular complexity index is 669. The molecule has 0 saturated heterocycles. The molecule has 0 atom stereocenters. The van der Waals surface area contributed by atoms with Gasteiger partial charge in [-0.1, -0.05) is 73.3 Å². The molecule has 3 heteroatoms. The lowest BCUT2D eigenvalue weighted by Gasteiger charge is -2.18. The van der Waals surface area contributed by atoms with Gasteiger partial charge in [0.25, 0.3) is 0 Å². The van der Waals surface area contributed by atoms with Crippen molar-refractivity contribution in [1.82, 2.24) is 0 Å². The number of amidine groups is 1. The lowest BCUT2D eigenvalue weighted by atomic mass is 9.96. The second-order valence-corrected chi connectivity index (χ2v) is 6.36. The molecule has 0 heterocycles. The van der Waals surface area contributed by atoms with Gasteiger partial charge in [-0.05, 0) is 30.5 Å². The van der Waals surface area contributed by atoms with Gasteiger partial charge >= 0.3 is 0 Å². The third-order valence-corrected chi connectivity index (χ3v) is 4.37. The number of nitrogens with zero attached hydrogens (tertiary/aromatic N) is 2. The first-order chi connectivity index (χ1) is 11.3. The molecule has 0 bridgehead atoms. The first-order valence-electron chi connectivity index (χ1n) is 8.24. The fraction of sp³-hybridized carbons (Fsp3) is 0.300. The highest BCUT2D eigenvalue weighted by Gasteiger charge is 2.13. The normalized spacial score (nSPS) is 16.8. The van der Waals surface area contributed by atoms with Crippen LogP contribution in [0, 0.1) is 0 Å². The quantitative estimate of drug-likeness (QED) is 0.523. The van der Waals surface area contributed by atoms with E-state index in [1.54, 1.807) is 0 Å². The van der Waals surface area contributed by atoms with E-state index in [4.69, 9.17) is 16.6 Å². The molecule has 118 valence electrons. The second-order valence-electron chi connectivity index (χ2n) is 5.92. The van der Waals surface area contributed by atoms with Crippen LogP contribution in [0.1, 0.15) is 43.2 Å². The van der Waals surface area contributed by atoms with Crippen molar-refractivity contribution in [3.8, 4) is 0 Å². The molecule has 0 amide bonds. The average molecular weight is 325 g/mol. The summed E-state index contributed by atoms with van der Waals surface area (Å²) in [5.74, 6) is 0.826. The third kappa shape index (κ3) is 4.77. The van der Waals surface area contributed by atoms with Crippen LogP contribution in [0.4, 0.5) is 0 Å². The van der Waals surface area contributed by atoms with Crippen molar-refractivity contribution < 1.29 is 0 Å². The van der Waals surface area contributed by atoms with Crippen molar-refractivity contribution in [2.24, 2.45) is 9.98 Å². The van der Waals surface area contributed by atoms with Crippen molar-refractivity contribution in [2.45, 2.75) is 38.1 Å². The van der Waals surface area contributed by atoms with Crippen LogP contribution >= 0.6 is 11.6 Å². The van der Waals surface area contributed by atoms with Crippen LogP contribution in [-0.4, -0.2) is 18.1 Å². The first kappa shape index (κ1) is 15.9. The number of halogens is 1. The monoisotopic (exact) mass is 324 g/mol. The highest BCUT2D eigenvalue weighted by atomic mass is 35.5. The summed E-state index contributed by atoms with van der Waals surface area (Å²) in [7, 11) is 0. The highest BCUT2D eigenvalue weighted by molar-refractivity contribution is 6.30. The molecular formula is C20H21ClN2. The van der Waals surface area contributed by atoms with Crippen LogP contribution < -0.4 is 0 Å². The largest absolute Gasteiger partial charge is 0.263 e. The summed E-state index contributed by atoms with van der Waals surface area (Å²) in [6, 6.07) is 18.3. The molecule has 0 aliphatic heterocycles. The Morgan fingerprint density at radius 2 is 1.61 bits per heavy atom. The zero-order chi connectivity index (χ0) is 15.9. The summed E-state index contributed by atoms with van der Waals surface area (Å²) >= 11 is 5.93. The van der Waals surface area contributed by atoms with Crippen LogP contribution in [0.3, 0.4) is 0 Å². The number of hydrogen-bond acceptors (Lipinski definition) is 1. The summed E-state index contributed by atoms with van der Waals surface area (Å²) in [6.07, 6.45) is 8.10. The van der Waals surface area contributed by atoms with Gasteiger partial charge in [-0.15, -0.1) is 0 Å². The Kier molecular flexibility index (Phi) is 5.60. The smallest absolute Gasteiger partial charge is 0.154 e. The van der Waals surface area contributed by atoms with Crippen LogP contribution in [0.2, 0.25) is 5.02 Å². The molecule has 0 N–H and O–H groups in total. The van der Waals surface area contributed by atoms with Gasteiger partial charge in [-0.3, -0.25) is 4.99 Å². The predicted octanol–water partition coefficient (Wildman–Crippen LogP) is 5.54. The molecule has 1 aliphatic carbocycles. The van der Waals surface area contributed by atoms with Crippen LogP contribution in [-0.2, 0) is 0 Å². The van der Waals surface area contributed by atoms with Crippen molar-refractivity contribution in [1.29, 1.82) is 0 Å². The number of benzene rings is 2. The molecule has 23 heavy (non-hydrogen) atoms. The van der Waals surface area contributed by atoms with E-state index in [1.165, 1.54) is 32.1 Å². The molecular weight excluding hydrogens is 304 g/mol. The number of aliphatic imine (C=N–C) groups is 2. The lowest BCUT2D eigenvalue weighted by molar-refractivity contribution is 0.443. The Morgan fingerprint density at radius 3 is 2.30 bits per heavy atom. The summed E-state index contributed by atoms with van der Waals surface area (Å²) in [5.41, 5.74) is 2.10. The van der Waals surface area contributed by atoms with Crippen LogP contribution in [0.5, 0.6) is 0 Å². The van der Waals surface area contributed by atoms with Gasteiger partial charge in [0, 0.05) is 16.8 Å². The lowest BCUT2D eigenvalue weighted by Crippen LogP contribution is -2.13. The Labute approximate surface area is 142 Å². The van der Waals surface area contributed by atoms with E-state index >= 15 is 0 Å². The Hall–Kier alpha value is -1.93. The van der Waals surface area contributed by atoms with Crippen LogP contribution in [0.15, 0.2) is 64.6 Å². The maximum atomic E-state index is 5.93. The summed E-state index contributed by atoms with van der Waals surface area (Å²) in [6.45, 7) is 0. The summed E-state index contributed by atoms with van der Waals surface area (Å²) in [4.78, 5) is 9.60. The fourth-order valence-corrected chi connectivity index (χ4v) is 2.96. The van der Waals surface area contributed by atoms with Crippen molar-refractivity contribution in [3.63, 3.8) is 0 Å². The molecule has 0 unspecified atom stereocenters. The second kappa shape index (κ2) is 8.07. The van der Waals surface area contributed by atoms with Crippen molar-refractivity contribution in [2.75, 3.05) is 0 Å². The van der Waals surface area contributed by atoms with Gasteiger partial charge in [-0.25, -0.2) is 4.99 Å². The average Bonchev–Trinajstić information content (AvgIpc) is 2.61. The zero-order valence-corrected chi connectivity index (χ0v) is 13.9. The molecule has 3 rings (SSSR count). The molecule has 2 aromatic carbocycles. The van der Waals surface area contributed by atoms with E-state index in [2.05, 4.69) is 17.1 Å². The molecule has 0 spiro atoms. The third-order valence-electron chi connectivity index (χ3n) is 4.12. The standard InChI is InChI=1S/C20H21ClN2/c21-18-13-11-16(12-14-18)15-22-20(17-7-3-1-4-8-17)23-19-9-5-2-6-10-19/h1,3-4,7-8,11-15,19H,2,5-6,9-10H2. The number of hydrogen-bond donors (Lipinski definition) is 0. The van der Waals surface area contributed by atoms with E-state index in [-0.39, 0.29) is 0 Å². The van der Waals surface area contributed by atoms with Gasteiger partial charge in [-0.2, -0.15) is 0 Å². The Balaban J connectivity index is 1.85. The number of rotatable bonds is 3.